The van der Waals surface area contributed by atoms with Gasteiger partial charge in [-0.2, -0.15) is 13.2 Å². The van der Waals surface area contributed by atoms with Crippen molar-refractivity contribution in [3.8, 4) is 0 Å². The number of hydrogen-bond acceptors (Lipinski definition) is 1. The number of halogens is 4. The van der Waals surface area contributed by atoms with Crippen molar-refractivity contribution in [2.45, 2.75) is 25.6 Å². The molecule has 0 saturated carbocycles. The fourth-order valence-electron chi connectivity index (χ4n) is 2.17. The molecule has 0 aromatic heterocycles. The maximum Gasteiger partial charge on any atom is 0.416 e. The number of benzene rings is 1. The summed E-state index contributed by atoms with van der Waals surface area (Å²) in [5, 5.41) is 9.27. The topological polar surface area (TPSA) is 40.5 Å². The molecule has 1 amide bonds. The van der Waals surface area contributed by atoms with E-state index in [1.54, 1.807) is 6.08 Å². The van der Waals surface area contributed by atoms with Crippen LogP contribution in [-0.4, -0.2) is 17.2 Å². The Morgan fingerprint density at radius 3 is 2.60 bits per heavy atom. The number of anilines is 1. The highest BCUT2D eigenvalue weighted by Gasteiger charge is 2.34. The van der Waals surface area contributed by atoms with Crippen LogP contribution in [0, 0.1) is 0 Å². The molecule has 0 aliphatic carbocycles. The Morgan fingerprint density at radius 1 is 1.45 bits per heavy atom. The molecule has 1 unspecified atom stereocenters. The van der Waals surface area contributed by atoms with Gasteiger partial charge < -0.3 is 5.11 Å². The van der Waals surface area contributed by atoms with Crippen LogP contribution in [0.2, 0.25) is 0 Å². The maximum atomic E-state index is 12.7. The van der Waals surface area contributed by atoms with E-state index < -0.39 is 17.8 Å². The Hall–Kier alpha value is -1.25. The van der Waals surface area contributed by atoms with Crippen molar-refractivity contribution in [3.05, 3.63) is 35.4 Å². The van der Waals surface area contributed by atoms with Gasteiger partial charge in [0.15, 0.2) is 0 Å². The van der Waals surface area contributed by atoms with Crippen molar-refractivity contribution >= 4 is 38.0 Å². The summed E-state index contributed by atoms with van der Waals surface area (Å²) in [6.45, 7) is 1.83. The number of fused-ring (bicyclic) bond motifs is 1. The molecule has 1 aromatic carbocycles. The van der Waals surface area contributed by atoms with Gasteiger partial charge in [-0.25, -0.2) is 4.79 Å². The second-order valence-corrected chi connectivity index (χ2v) is 5.53. The minimum absolute atomic E-state index is 0.296. The first-order valence-corrected chi connectivity index (χ1v) is 6.94. The lowest BCUT2D eigenvalue weighted by Crippen LogP contribution is -2.40. The fraction of sp³-hybridized carbons (Fsp3) is 0.308. The number of hydrogen-bond donors (Lipinski definition) is 1. The Morgan fingerprint density at radius 2 is 2.10 bits per heavy atom. The monoisotopic (exact) mass is 397 g/mol. The highest BCUT2D eigenvalue weighted by atomic mass is 127. The molecular formula is C13H11F3INO2. The van der Waals surface area contributed by atoms with Gasteiger partial charge in [0.05, 0.1) is 17.3 Å². The zero-order valence-corrected chi connectivity index (χ0v) is 12.6. The van der Waals surface area contributed by atoms with Gasteiger partial charge in [0.1, 0.15) is 0 Å². The number of carboxylic acid groups (broad SMARTS) is 1. The molecule has 7 heteroatoms. The van der Waals surface area contributed by atoms with E-state index >= 15 is 0 Å². The van der Waals surface area contributed by atoms with Gasteiger partial charge in [-0.05, 0) is 53.3 Å². The van der Waals surface area contributed by atoms with Gasteiger partial charge in [-0.15, -0.1) is 0 Å². The lowest BCUT2D eigenvalue weighted by Gasteiger charge is -2.32. The fourth-order valence-corrected chi connectivity index (χ4v) is 3.02. The summed E-state index contributed by atoms with van der Waals surface area (Å²) in [6.07, 6.45) is -3.38. The second kappa shape index (κ2) is 5.27. The number of amides is 1. The normalized spacial score (nSPS) is 18.6. The largest absolute Gasteiger partial charge is 0.465 e. The van der Waals surface area contributed by atoms with Crippen LogP contribution in [0.25, 0.3) is 3.58 Å². The predicted molar refractivity (Wildman–Crippen MR) is 78.0 cm³/mol. The molecule has 1 aromatic rings. The standard InChI is InChI=1S/C13H11F3INO2/c1-2-8-6-10(17)9-5-7(13(14,15)16)3-4-11(9)18(8)12(19)20/h3-6,8H,2H2,1H3,(H,19,20). The van der Waals surface area contributed by atoms with Gasteiger partial charge in [0, 0.05) is 9.14 Å². The summed E-state index contributed by atoms with van der Waals surface area (Å²) in [6, 6.07) is 2.77. The van der Waals surface area contributed by atoms with Crippen LogP contribution in [0.1, 0.15) is 24.5 Å². The smallest absolute Gasteiger partial charge is 0.416 e. The summed E-state index contributed by atoms with van der Waals surface area (Å²) < 4.78 is 38.8. The Bertz CT molecular complexity index is 583. The van der Waals surface area contributed by atoms with Crippen molar-refractivity contribution in [1.82, 2.24) is 0 Å². The van der Waals surface area contributed by atoms with E-state index in [1.165, 1.54) is 6.07 Å². The minimum Gasteiger partial charge on any atom is -0.465 e. The molecule has 0 saturated heterocycles. The Labute approximate surface area is 127 Å². The van der Waals surface area contributed by atoms with Crippen LogP contribution < -0.4 is 4.90 Å². The van der Waals surface area contributed by atoms with E-state index in [0.717, 1.165) is 17.0 Å². The third-order valence-electron chi connectivity index (χ3n) is 3.14. The van der Waals surface area contributed by atoms with E-state index in [9.17, 15) is 23.1 Å². The highest BCUT2D eigenvalue weighted by Crippen LogP contribution is 2.41. The van der Waals surface area contributed by atoms with E-state index in [1.807, 2.05) is 29.5 Å². The second-order valence-electron chi connectivity index (χ2n) is 4.37. The quantitative estimate of drug-likeness (QED) is 0.695. The van der Waals surface area contributed by atoms with E-state index in [-0.39, 0.29) is 6.04 Å². The molecule has 1 aliphatic heterocycles. The number of nitrogens with zero attached hydrogens (tertiary/aromatic N) is 1. The summed E-state index contributed by atoms with van der Waals surface area (Å²) in [7, 11) is 0. The summed E-state index contributed by atoms with van der Waals surface area (Å²) >= 11 is 1.94. The van der Waals surface area contributed by atoms with Gasteiger partial charge >= 0.3 is 12.3 Å². The van der Waals surface area contributed by atoms with Gasteiger partial charge in [-0.1, -0.05) is 6.92 Å². The molecular weight excluding hydrogens is 386 g/mol. The highest BCUT2D eigenvalue weighted by molar-refractivity contribution is 14.1. The lowest BCUT2D eigenvalue weighted by atomic mass is 9.99. The Kier molecular flexibility index (Phi) is 3.99. The molecule has 3 nitrogen and oxygen atoms in total. The van der Waals surface area contributed by atoms with Crippen LogP contribution in [0.5, 0.6) is 0 Å². The predicted octanol–water partition coefficient (Wildman–Crippen LogP) is 4.76. The van der Waals surface area contributed by atoms with E-state index in [0.29, 0.717) is 21.3 Å². The molecule has 1 atom stereocenters. The first-order chi connectivity index (χ1) is 9.25. The first kappa shape index (κ1) is 15.1. The molecule has 20 heavy (non-hydrogen) atoms. The van der Waals surface area contributed by atoms with Gasteiger partial charge in [0.25, 0.3) is 0 Å². The molecule has 1 heterocycles. The van der Waals surface area contributed by atoms with E-state index in [4.69, 9.17) is 0 Å². The van der Waals surface area contributed by atoms with Gasteiger partial charge in [-0.3, -0.25) is 4.90 Å². The van der Waals surface area contributed by atoms with Crippen molar-refractivity contribution in [2.75, 3.05) is 4.90 Å². The third-order valence-corrected chi connectivity index (χ3v) is 4.08. The number of alkyl halides is 3. The maximum absolute atomic E-state index is 12.7. The average molecular weight is 397 g/mol. The van der Waals surface area contributed by atoms with Crippen LogP contribution >= 0.6 is 22.6 Å². The SMILES string of the molecule is CCC1C=C(I)c2cc(C(F)(F)F)ccc2N1C(=O)O. The van der Waals surface area contributed by atoms with Crippen LogP contribution in [-0.2, 0) is 6.18 Å². The molecule has 0 fully saturated rings. The third kappa shape index (κ3) is 2.63. The Balaban J connectivity index is 2.60. The lowest BCUT2D eigenvalue weighted by molar-refractivity contribution is -0.137. The summed E-state index contributed by atoms with van der Waals surface area (Å²) in [4.78, 5) is 12.5. The minimum atomic E-state index is -4.44. The molecule has 0 spiro atoms. The number of carbonyl (C=O) groups is 1. The molecule has 1 N–H and O–H groups in total. The van der Waals surface area contributed by atoms with Crippen molar-refractivity contribution in [2.24, 2.45) is 0 Å². The van der Waals surface area contributed by atoms with Crippen LogP contribution in [0.4, 0.5) is 23.7 Å². The number of rotatable bonds is 1. The first-order valence-electron chi connectivity index (χ1n) is 5.86. The molecule has 2 rings (SSSR count). The zero-order chi connectivity index (χ0) is 15.1. The van der Waals surface area contributed by atoms with Gasteiger partial charge in [0.2, 0.25) is 0 Å². The van der Waals surface area contributed by atoms with Crippen molar-refractivity contribution < 1.29 is 23.1 Å². The molecule has 1 aliphatic rings. The molecule has 108 valence electrons. The van der Waals surface area contributed by atoms with Crippen LogP contribution in [0.15, 0.2) is 24.3 Å². The molecule has 0 bridgehead atoms. The van der Waals surface area contributed by atoms with Crippen molar-refractivity contribution in [1.29, 1.82) is 0 Å². The zero-order valence-electron chi connectivity index (χ0n) is 10.4. The van der Waals surface area contributed by atoms with Crippen molar-refractivity contribution in [3.63, 3.8) is 0 Å². The summed E-state index contributed by atoms with van der Waals surface area (Å²) in [5.41, 5.74) is -0.184. The molecule has 0 radical (unpaired) electrons. The summed E-state index contributed by atoms with van der Waals surface area (Å²) in [5.74, 6) is 0. The average Bonchev–Trinajstić information content (AvgIpc) is 2.36. The van der Waals surface area contributed by atoms with Crippen LogP contribution in [0.3, 0.4) is 0 Å². The van der Waals surface area contributed by atoms with E-state index in [2.05, 4.69) is 0 Å².